The van der Waals surface area contributed by atoms with E-state index in [9.17, 15) is 5.11 Å². The standard InChI is InChI=1S/C20H38O/c1-7-20(6,21)15-8-10-16(2)12-13-18-17(3)11-9-14-19(18,4)5/h7,16-18,21H,1,8-15H2,2-6H3/t16-,17+,18-,20-/m1/s1. The van der Waals surface area contributed by atoms with Crippen molar-refractivity contribution in [3.05, 3.63) is 12.7 Å². The minimum atomic E-state index is -0.681. The second kappa shape index (κ2) is 7.81. The molecule has 1 aliphatic rings. The number of hydrogen-bond acceptors (Lipinski definition) is 1. The van der Waals surface area contributed by atoms with E-state index in [1.807, 2.05) is 6.92 Å². The summed E-state index contributed by atoms with van der Waals surface area (Å²) in [5.74, 6) is 2.56. The highest BCUT2D eigenvalue weighted by atomic mass is 16.3. The van der Waals surface area contributed by atoms with Crippen molar-refractivity contribution >= 4 is 0 Å². The monoisotopic (exact) mass is 294 g/mol. The van der Waals surface area contributed by atoms with E-state index in [1.54, 1.807) is 6.08 Å². The maximum absolute atomic E-state index is 9.96. The summed E-state index contributed by atoms with van der Waals surface area (Å²) in [6.07, 6.45) is 11.8. The molecule has 4 atom stereocenters. The lowest BCUT2D eigenvalue weighted by Crippen LogP contribution is -2.33. The van der Waals surface area contributed by atoms with Crippen molar-refractivity contribution in [1.29, 1.82) is 0 Å². The maximum atomic E-state index is 9.96. The van der Waals surface area contributed by atoms with Crippen LogP contribution in [-0.4, -0.2) is 10.7 Å². The zero-order chi connectivity index (χ0) is 16.1. The molecule has 1 aliphatic carbocycles. The van der Waals surface area contributed by atoms with Gasteiger partial charge in [-0.05, 0) is 49.4 Å². The second-order valence-electron chi connectivity index (χ2n) is 8.60. The van der Waals surface area contributed by atoms with Gasteiger partial charge in [-0.25, -0.2) is 0 Å². The molecule has 1 N–H and O–H groups in total. The molecule has 124 valence electrons. The largest absolute Gasteiger partial charge is 0.386 e. The molecule has 0 bridgehead atoms. The molecule has 0 unspecified atom stereocenters. The third-order valence-corrected chi connectivity index (χ3v) is 5.96. The molecule has 0 aromatic carbocycles. The van der Waals surface area contributed by atoms with Crippen molar-refractivity contribution in [3.63, 3.8) is 0 Å². The van der Waals surface area contributed by atoms with Crippen LogP contribution in [0, 0.1) is 23.2 Å². The van der Waals surface area contributed by atoms with Gasteiger partial charge < -0.3 is 5.11 Å². The third kappa shape index (κ3) is 6.14. The van der Waals surface area contributed by atoms with Gasteiger partial charge in [-0.1, -0.05) is 65.9 Å². The summed E-state index contributed by atoms with van der Waals surface area (Å²) in [5, 5.41) is 9.96. The fourth-order valence-electron chi connectivity index (χ4n) is 4.23. The van der Waals surface area contributed by atoms with Crippen molar-refractivity contribution in [1.82, 2.24) is 0 Å². The molecule has 0 aromatic rings. The van der Waals surface area contributed by atoms with Gasteiger partial charge in [0.1, 0.15) is 0 Å². The summed E-state index contributed by atoms with van der Waals surface area (Å²) < 4.78 is 0. The van der Waals surface area contributed by atoms with Crippen LogP contribution >= 0.6 is 0 Å². The normalized spacial score (nSPS) is 29.6. The number of hydrogen-bond donors (Lipinski definition) is 1. The fourth-order valence-corrected chi connectivity index (χ4v) is 4.23. The zero-order valence-electron chi connectivity index (χ0n) is 15.1. The van der Waals surface area contributed by atoms with Crippen molar-refractivity contribution in [2.75, 3.05) is 0 Å². The Morgan fingerprint density at radius 1 is 1.38 bits per heavy atom. The van der Waals surface area contributed by atoms with E-state index in [2.05, 4.69) is 34.3 Å². The van der Waals surface area contributed by atoms with E-state index >= 15 is 0 Å². The van der Waals surface area contributed by atoms with E-state index in [4.69, 9.17) is 0 Å². The summed E-state index contributed by atoms with van der Waals surface area (Å²) in [4.78, 5) is 0. The number of aliphatic hydroxyl groups is 1. The van der Waals surface area contributed by atoms with Gasteiger partial charge in [0.05, 0.1) is 5.60 Å². The zero-order valence-corrected chi connectivity index (χ0v) is 15.1. The van der Waals surface area contributed by atoms with Crippen molar-refractivity contribution in [2.45, 2.75) is 91.6 Å². The van der Waals surface area contributed by atoms with Gasteiger partial charge in [-0.3, -0.25) is 0 Å². The van der Waals surface area contributed by atoms with Crippen LogP contribution in [0.25, 0.3) is 0 Å². The average Bonchev–Trinajstić information content (AvgIpc) is 2.37. The molecule has 0 radical (unpaired) electrons. The Labute approximate surface area is 133 Å². The smallest absolute Gasteiger partial charge is 0.0797 e. The summed E-state index contributed by atoms with van der Waals surface area (Å²) >= 11 is 0. The predicted molar refractivity (Wildman–Crippen MR) is 93.4 cm³/mol. The van der Waals surface area contributed by atoms with Crippen LogP contribution < -0.4 is 0 Å². The van der Waals surface area contributed by atoms with Crippen molar-refractivity contribution < 1.29 is 5.11 Å². The molecule has 1 nitrogen and oxygen atoms in total. The lowest BCUT2D eigenvalue weighted by atomic mass is 9.62. The molecule has 0 aliphatic heterocycles. The van der Waals surface area contributed by atoms with Gasteiger partial charge in [0.2, 0.25) is 0 Å². The Bertz CT molecular complexity index is 316. The average molecular weight is 295 g/mol. The molecule has 1 saturated carbocycles. The molecule has 21 heavy (non-hydrogen) atoms. The first-order valence-corrected chi connectivity index (χ1v) is 9.04. The predicted octanol–water partition coefficient (Wildman–Crippen LogP) is 5.97. The van der Waals surface area contributed by atoms with Gasteiger partial charge in [-0.15, -0.1) is 6.58 Å². The van der Waals surface area contributed by atoms with Crippen LogP contribution in [0.4, 0.5) is 0 Å². The summed E-state index contributed by atoms with van der Waals surface area (Å²) in [7, 11) is 0. The van der Waals surface area contributed by atoms with Crippen LogP contribution in [0.3, 0.4) is 0 Å². The van der Waals surface area contributed by atoms with E-state index in [0.717, 1.165) is 30.6 Å². The molecule has 1 fully saturated rings. The Morgan fingerprint density at radius 3 is 2.62 bits per heavy atom. The molecule has 0 heterocycles. The molecular weight excluding hydrogens is 256 g/mol. The highest BCUT2D eigenvalue weighted by Gasteiger charge is 2.36. The molecule has 0 aromatic heterocycles. The van der Waals surface area contributed by atoms with Gasteiger partial charge in [0.25, 0.3) is 0 Å². The summed E-state index contributed by atoms with van der Waals surface area (Å²) in [6.45, 7) is 15.3. The molecule has 1 rings (SSSR count). The van der Waals surface area contributed by atoms with Crippen LogP contribution in [0.1, 0.15) is 86.0 Å². The quantitative estimate of drug-likeness (QED) is 0.547. The first-order valence-electron chi connectivity index (χ1n) is 9.04. The number of rotatable bonds is 8. The molecule has 1 heteroatoms. The van der Waals surface area contributed by atoms with E-state index in [-0.39, 0.29) is 0 Å². The third-order valence-electron chi connectivity index (χ3n) is 5.96. The van der Waals surface area contributed by atoms with Crippen LogP contribution in [-0.2, 0) is 0 Å². The Hall–Kier alpha value is -0.300. The van der Waals surface area contributed by atoms with Crippen LogP contribution in [0.15, 0.2) is 12.7 Å². The Kier molecular flexibility index (Phi) is 6.97. The molecular formula is C20H38O. The van der Waals surface area contributed by atoms with E-state index in [0.29, 0.717) is 5.41 Å². The Balaban J connectivity index is 2.32. The topological polar surface area (TPSA) is 20.2 Å². The molecule has 0 spiro atoms. The summed E-state index contributed by atoms with van der Waals surface area (Å²) in [6, 6.07) is 0. The van der Waals surface area contributed by atoms with Gasteiger partial charge in [0, 0.05) is 0 Å². The minimum Gasteiger partial charge on any atom is -0.386 e. The SMILES string of the molecule is C=C[C@@](C)(O)CCC[C@@H](C)CC[C@@H]1[C@@H](C)CCCC1(C)C. The van der Waals surface area contributed by atoms with Gasteiger partial charge >= 0.3 is 0 Å². The lowest BCUT2D eigenvalue weighted by molar-refractivity contribution is 0.0697. The van der Waals surface area contributed by atoms with Crippen LogP contribution in [0.2, 0.25) is 0 Å². The van der Waals surface area contributed by atoms with Crippen molar-refractivity contribution in [3.8, 4) is 0 Å². The minimum absolute atomic E-state index is 0.532. The lowest BCUT2D eigenvalue weighted by Gasteiger charge is -2.43. The van der Waals surface area contributed by atoms with Gasteiger partial charge in [-0.2, -0.15) is 0 Å². The van der Waals surface area contributed by atoms with E-state index in [1.165, 1.54) is 38.5 Å². The molecule has 0 saturated heterocycles. The first-order chi connectivity index (χ1) is 9.68. The fraction of sp³-hybridized carbons (Fsp3) is 0.900. The van der Waals surface area contributed by atoms with Crippen LogP contribution in [0.5, 0.6) is 0 Å². The summed E-state index contributed by atoms with van der Waals surface area (Å²) in [5.41, 5.74) is -0.149. The molecule has 0 amide bonds. The van der Waals surface area contributed by atoms with E-state index < -0.39 is 5.60 Å². The first kappa shape index (κ1) is 18.7. The highest BCUT2D eigenvalue weighted by Crippen LogP contribution is 2.46. The van der Waals surface area contributed by atoms with Crippen molar-refractivity contribution in [2.24, 2.45) is 23.2 Å². The van der Waals surface area contributed by atoms with Gasteiger partial charge in [0.15, 0.2) is 0 Å². The highest BCUT2D eigenvalue weighted by molar-refractivity contribution is 4.91. The Morgan fingerprint density at radius 2 is 2.05 bits per heavy atom. The maximum Gasteiger partial charge on any atom is 0.0797 e. The second-order valence-corrected chi connectivity index (χ2v) is 8.60.